The molecule has 0 saturated carbocycles. The van der Waals surface area contributed by atoms with Gasteiger partial charge >= 0.3 is 0 Å². The van der Waals surface area contributed by atoms with E-state index in [0.717, 1.165) is 27.9 Å². The van der Waals surface area contributed by atoms with Crippen LogP contribution in [0.15, 0.2) is 40.6 Å². The number of nitrogens with zero attached hydrogens (tertiary/aromatic N) is 3. The molecule has 2 N–H and O–H groups in total. The van der Waals surface area contributed by atoms with Crippen LogP contribution < -0.4 is 5.73 Å². The molecular weight excluding hydrogens is 244 g/mol. The minimum atomic E-state index is 0.0132. The maximum absolute atomic E-state index is 5.92. The number of pyridine rings is 1. The number of hydrogen-bond acceptors (Lipinski definition) is 5. The molecule has 94 valence electrons. The van der Waals surface area contributed by atoms with Gasteiger partial charge in [0.2, 0.25) is 0 Å². The Labute approximate surface area is 111 Å². The molecule has 0 aliphatic heterocycles. The van der Waals surface area contributed by atoms with Gasteiger partial charge in [-0.15, -0.1) is 0 Å². The molecule has 4 nitrogen and oxygen atoms in total. The summed E-state index contributed by atoms with van der Waals surface area (Å²) < 4.78 is 0. The number of aromatic nitrogens is 3. The molecule has 0 saturated heterocycles. The van der Waals surface area contributed by atoms with Crippen molar-refractivity contribution >= 4 is 11.8 Å². The Balaban J connectivity index is 2.11. The fourth-order valence-electron chi connectivity index (χ4n) is 1.46. The maximum Gasteiger partial charge on any atom is 0.192 e. The van der Waals surface area contributed by atoms with Crippen LogP contribution in [0.3, 0.4) is 0 Å². The summed E-state index contributed by atoms with van der Waals surface area (Å²) in [4.78, 5) is 13.9. The lowest BCUT2D eigenvalue weighted by Crippen LogP contribution is -2.10. The first-order chi connectivity index (χ1) is 8.69. The van der Waals surface area contributed by atoms with Gasteiger partial charge in [0.1, 0.15) is 0 Å². The molecule has 0 amide bonds. The molecule has 2 rings (SSSR count). The minimum absolute atomic E-state index is 0.0132. The monoisotopic (exact) mass is 260 g/mol. The second-order valence-corrected chi connectivity index (χ2v) is 5.06. The van der Waals surface area contributed by atoms with Gasteiger partial charge < -0.3 is 5.73 Å². The molecule has 0 fully saturated rings. The van der Waals surface area contributed by atoms with E-state index in [2.05, 4.69) is 21.9 Å². The van der Waals surface area contributed by atoms with E-state index in [1.807, 2.05) is 31.3 Å². The zero-order valence-corrected chi connectivity index (χ0v) is 11.3. The molecule has 5 heteroatoms. The Bertz CT molecular complexity index is 513. The lowest BCUT2D eigenvalue weighted by atomic mass is 10.1. The normalized spacial score (nSPS) is 12.4. The molecule has 1 atom stereocenters. The molecule has 18 heavy (non-hydrogen) atoms. The molecule has 0 aromatic carbocycles. The number of aryl methyl sites for hydroxylation is 1. The van der Waals surface area contributed by atoms with E-state index >= 15 is 0 Å². The summed E-state index contributed by atoms with van der Waals surface area (Å²) in [5, 5.41) is 0.740. The summed E-state index contributed by atoms with van der Waals surface area (Å²) >= 11 is 1.50. The highest BCUT2D eigenvalue weighted by Gasteiger charge is 2.06. The van der Waals surface area contributed by atoms with Gasteiger partial charge in [-0.3, -0.25) is 4.98 Å². The molecule has 2 heterocycles. The molecular formula is C13H16N4S. The summed E-state index contributed by atoms with van der Waals surface area (Å²) in [5.41, 5.74) is 7.81. The fraction of sp³-hybridized carbons (Fsp3) is 0.308. The van der Waals surface area contributed by atoms with Crippen LogP contribution in [0.4, 0.5) is 0 Å². The van der Waals surface area contributed by atoms with Gasteiger partial charge in [-0.25, -0.2) is 9.97 Å². The quantitative estimate of drug-likeness (QED) is 0.856. The first-order valence-corrected chi connectivity index (χ1v) is 6.69. The second kappa shape index (κ2) is 5.93. The molecule has 0 spiro atoms. The standard InChI is InChI=1S/C13H16N4S/c1-3-11(14)12-5-4-10(8-16-12)18-13-15-7-6-9(2)17-13/h4-8,11H,3,14H2,1-2H3/t11-/m0/s1. The SMILES string of the molecule is CC[C@H](N)c1ccc(Sc2nccc(C)n2)cn1. The van der Waals surface area contributed by atoms with Crippen molar-refractivity contribution < 1.29 is 0 Å². The van der Waals surface area contributed by atoms with Crippen LogP contribution in [0, 0.1) is 6.92 Å². The van der Waals surface area contributed by atoms with E-state index in [-0.39, 0.29) is 6.04 Å². The van der Waals surface area contributed by atoms with Gasteiger partial charge in [-0.05, 0) is 43.3 Å². The van der Waals surface area contributed by atoms with Gasteiger partial charge in [0, 0.05) is 29.0 Å². The van der Waals surface area contributed by atoms with Crippen molar-refractivity contribution in [1.82, 2.24) is 15.0 Å². The average molecular weight is 260 g/mol. The summed E-state index contributed by atoms with van der Waals surface area (Å²) in [6.45, 7) is 4.00. The van der Waals surface area contributed by atoms with E-state index in [1.54, 1.807) is 6.20 Å². The summed E-state index contributed by atoms with van der Waals surface area (Å²) in [6, 6.07) is 5.87. The van der Waals surface area contributed by atoms with Gasteiger partial charge in [-0.2, -0.15) is 0 Å². The molecule has 0 bridgehead atoms. The smallest absolute Gasteiger partial charge is 0.192 e. The molecule has 2 aromatic rings. The molecule has 0 aliphatic rings. The lowest BCUT2D eigenvalue weighted by Gasteiger charge is -2.08. The Morgan fingerprint density at radius 3 is 2.72 bits per heavy atom. The van der Waals surface area contributed by atoms with Crippen molar-refractivity contribution in [2.45, 2.75) is 36.4 Å². The summed E-state index contributed by atoms with van der Waals surface area (Å²) in [6.07, 6.45) is 4.47. The zero-order valence-electron chi connectivity index (χ0n) is 10.5. The second-order valence-electron chi connectivity index (χ2n) is 4.02. The highest BCUT2D eigenvalue weighted by Crippen LogP contribution is 2.24. The number of hydrogen-bond donors (Lipinski definition) is 1. The number of nitrogens with two attached hydrogens (primary N) is 1. The van der Waals surface area contributed by atoms with E-state index in [1.165, 1.54) is 11.8 Å². The largest absolute Gasteiger partial charge is 0.323 e. The molecule has 0 radical (unpaired) electrons. The van der Waals surface area contributed by atoms with Crippen LogP contribution in [0.5, 0.6) is 0 Å². The summed E-state index contributed by atoms with van der Waals surface area (Å²) in [5.74, 6) is 0. The molecule has 2 aromatic heterocycles. The third kappa shape index (κ3) is 3.27. The Morgan fingerprint density at radius 1 is 1.28 bits per heavy atom. The number of rotatable bonds is 4. The van der Waals surface area contributed by atoms with Crippen LogP contribution in [-0.4, -0.2) is 15.0 Å². The van der Waals surface area contributed by atoms with Crippen molar-refractivity contribution in [3.63, 3.8) is 0 Å². The first-order valence-electron chi connectivity index (χ1n) is 5.88. The predicted molar refractivity (Wildman–Crippen MR) is 72.3 cm³/mol. The van der Waals surface area contributed by atoms with Crippen molar-refractivity contribution in [2.75, 3.05) is 0 Å². The highest BCUT2D eigenvalue weighted by molar-refractivity contribution is 7.99. The van der Waals surface area contributed by atoms with Crippen LogP contribution in [0.2, 0.25) is 0 Å². The van der Waals surface area contributed by atoms with Crippen LogP contribution in [0.1, 0.15) is 30.8 Å². The fourth-order valence-corrected chi connectivity index (χ4v) is 2.22. The van der Waals surface area contributed by atoms with Gasteiger partial charge in [0.05, 0.1) is 5.69 Å². The van der Waals surface area contributed by atoms with Gasteiger partial charge in [-0.1, -0.05) is 6.92 Å². The predicted octanol–water partition coefficient (Wildman–Crippen LogP) is 2.74. The summed E-state index contributed by atoms with van der Waals surface area (Å²) in [7, 11) is 0. The van der Waals surface area contributed by atoms with Crippen molar-refractivity contribution in [1.29, 1.82) is 0 Å². The van der Waals surface area contributed by atoms with Gasteiger partial charge in [0.25, 0.3) is 0 Å². The Kier molecular flexibility index (Phi) is 4.28. The van der Waals surface area contributed by atoms with E-state index in [0.29, 0.717) is 0 Å². The minimum Gasteiger partial charge on any atom is -0.323 e. The maximum atomic E-state index is 5.92. The Hall–Kier alpha value is -1.46. The van der Waals surface area contributed by atoms with Crippen molar-refractivity contribution in [2.24, 2.45) is 5.73 Å². The van der Waals surface area contributed by atoms with Crippen LogP contribution in [0.25, 0.3) is 0 Å². The van der Waals surface area contributed by atoms with E-state index in [9.17, 15) is 0 Å². The third-order valence-electron chi connectivity index (χ3n) is 2.56. The lowest BCUT2D eigenvalue weighted by molar-refractivity contribution is 0.674. The van der Waals surface area contributed by atoms with E-state index in [4.69, 9.17) is 5.73 Å². The van der Waals surface area contributed by atoms with E-state index < -0.39 is 0 Å². The first kappa shape index (κ1) is 13.0. The van der Waals surface area contributed by atoms with Crippen LogP contribution >= 0.6 is 11.8 Å². The molecule has 0 aliphatic carbocycles. The van der Waals surface area contributed by atoms with Crippen LogP contribution in [-0.2, 0) is 0 Å². The zero-order chi connectivity index (χ0) is 13.0. The van der Waals surface area contributed by atoms with Crippen molar-refractivity contribution in [3.8, 4) is 0 Å². The topological polar surface area (TPSA) is 64.7 Å². The van der Waals surface area contributed by atoms with Gasteiger partial charge in [0.15, 0.2) is 5.16 Å². The third-order valence-corrected chi connectivity index (χ3v) is 3.42. The average Bonchev–Trinajstić information content (AvgIpc) is 2.39. The van der Waals surface area contributed by atoms with Crippen molar-refractivity contribution in [3.05, 3.63) is 42.0 Å². The Morgan fingerprint density at radius 2 is 2.11 bits per heavy atom. The highest BCUT2D eigenvalue weighted by atomic mass is 32.2. The molecule has 0 unspecified atom stereocenters.